The van der Waals surface area contributed by atoms with Crippen molar-refractivity contribution in [1.82, 2.24) is 0 Å². The van der Waals surface area contributed by atoms with E-state index in [0.717, 1.165) is 11.8 Å². The Bertz CT molecular complexity index is 85.3. The van der Waals surface area contributed by atoms with Gasteiger partial charge in [0, 0.05) is 0 Å². The highest BCUT2D eigenvalue weighted by Gasteiger charge is 2.27. The van der Waals surface area contributed by atoms with Gasteiger partial charge in [0.05, 0.1) is 12.2 Å². The van der Waals surface area contributed by atoms with E-state index in [1.54, 1.807) is 0 Å². The van der Waals surface area contributed by atoms with Crippen molar-refractivity contribution in [1.29, 1.82) is 0 Å². The summed E-state index contributed by atoms with van der Waals surface area (Å²) in [5.41, 5.74) is 0. The Balaban J connectivity index is 2.46. The summed E-state index contributed by atoms with van der Waals surface area (Å²) in [6.45, 7) is 8.89. The molecule has 0 spiro atoms. The predicted octanol–water partition coefficient (Wildman–Crippen LogP) is 2.46. The first kappa shape index (κ1) is 8.06. The van der Waals surface area contributed by atoms with Crippen LogP contribution < -0.4 is 0 Å². The van der Waals surface area contributed by atoms with E-state index in [0.29, 0.717) is 12.2 Å². The maximum Gasteiger partial charge on any atom is 0.0576 e. The lowest BCUT2D eigenvalue weighted by atomic mass is 9.87. The highest BCUT2D eigenvalue weighted by Crippen LogP contribution is 2.28. The molecule has 0 aliphatic carbocycles. The van der Waals surface area contributed by atoms with Crippen LogP contribution in [0, 0.1) is 11.8 Å². The van der Waals surface area contributed by atoms with Crippen LogP contribution in [0.5, 0.6) is 0 Å². The third-order valence-electron chi connectivity index (χ3n) is 2.78. The molecule has 60 valence electrons. The zero-order chi connectivity index (χ0) is 7.72. The maximum absolute atomic E-state index is 5.71. The fourth-order valence-corrected chi connectivity index (χ4v) is 1.58. The number of ether oxygens (including phenoxy) is 1. The molecule has 1 aliphatic heterocycles. The molecule has 0 amide bonds. The van der Waals surface area contributed by atoms with Gasteiger partial charge in [-0.25, -0.2) is 0 Å². The van der Waals surface area contributed by atoms with Gasteiger partial charge in [-0.15, -0.1) is 0 Å². The van der Waals surface area contributed by atoms with E-state index in [-0.39, 0.29) is 0 Å². The summed E-state index contributed by atoms with van der Waals surface area (Å²) >= 11 is 0. The topological polar surface area (TPSA) is 9.23 Å². The van der Waals surface area contributed by atoms with Crippen molar-refractivity contribution in [3.8, 4) is 0 Å². The van der Waals surface area contributed by atoms with Crippen molar-refractivity contribution < 1.29 is 4.74 Å². The van der Waals surface area contributed by atoms with E-state index >= 15 is 0 Å². The van der Waals surface area contributed by atoms with Crippen molar-refractivity contribution in [2.45, 2.75) is 46.3 Å². The molecule has 1 unspecified atom stereocenters. The molecule has 0 saturated carbocycles. The lowest BCUT2D eigenvalue weighted by Crippen LogP contribution is -2.35. The summed E-state index contributed by atoms with van der Waals surface area (Å²) in [5, 5.41) is 0. The molecule has 0 aromatic heterocycles. The minimum atomic E-state index is 0.464. The van der Waals surface area contributed by atoms with Gasteiger partial charge in [-0.05, 0) is 32.1 Å². The van der Waals surface area contributed by atoms with Gasteiger partial charge >= 0.3 is 0 Å². The second kappa shape index (κ2) is 2.91. The van der Waals surface area contributed by atoms with Crippen LogP contribution in [0.3, 0.4) is 0 Å². The van der Waals surface area contributed by atoms with E-state index < -0.39 is 0 Å². The zero-order valence-electron chi connectivity index (χ0n) is 7.42. The first-order chi connectivity index (χ1) is 4.61. The Morgan fingerprint density at radius 1 is 0.900 bits per heavy atom. The molecule has 0 radical (unpaired) electrons. The molecule has 1 rings (SSSR count). The molecule has 1 saturated heterocycles. The molecular weight excluding hydrogens is 124 g/mol. The van der Waals surface area contributed by atoms with Crippen LogP contribution in [-0.2, 0) is 4.74 Å². The van der Waals surface area contributed by atoms with Crippen molar-refractivity contribution >= 4 is 0 Å². The van der Waals surface area contributed by atoms with E-state index in [1.165, 1.54) is 6.42 Å². The number of hydrogen-bond donors (Lipinski definition) is 0. The molecule has 0 aromatic rings. The minimum absolute atomic E-state index is 0.464. The van der Waals surface area contributed by atoms with Crippen molar-refractivity contribution in [2.75, 3.05) is 0 Å². The highest BCUT2D eigenvalue weighted by molar-refractivity contribution is 4.75. The molecule has 1 aliphatic rings. The fraction of sp³-hybridized carbons (Fsp3) is 1.00. The number of rotatable bonds is 0. The molecule has 1 nitrogen and oxygen atoms in total. The summed E-state index contributed by atoms with van der Waals surface area (Å²) in [4.78, 5) is 0. The summed E-state index contributed by atoms with van der Waals surface area (Å²) < 4.78 is 5.71. The number of hydrogen-bond acceptors (Lipinski definition) is 1. The Morgan fingerprint density at radius 3 is 1.60 bits per heavy atom. The Kier molecular flexibility index (Phi) is 2.35. The second-order valence-corrected chi connectivity index (χ2v) is 3.74. The third kappa shape index (κ3) is 1.51. The van der Waals surface area contributed by atoms with Crippen LogP contribution in [0.25, 0.3) is 0 Å². The molecule has 1 fully saturated rings. The van der Waals surface area contributed by atoms with Crippen molar-refractivity contribution in [3.63, 3.8) is 0 Å². The molecule has 10 heavy (non-hydrogen) atoms. The normalized spacial score (nSPS) is 49.2. The summed E-state index contributed by atoms with van der Waals surface area (Å²) in [6, 6.07) is 0. The van der Waals surface area contributed by atoms with Crippen LogP contribution in [0.15, 0.2) is 0 Å². The van der Waals surface area contributed by atoms with Crippen LogP contribution in [0.2, 0.25) is 0 Å². The lowest BCUT2D eigenvalue weighted by molar-refractivity contribution is -0.0885. The van der Waals surface area contributed by atoms with Crippen molar-refractivity contribution in [2.24, 2.45) is 11.8 Å². The fourth-order valence-electron chi connectivity index (χ4n) is 1.58. The molecule has 1 heteroatoms. The largest absolute Gasteiger partial charge is 0.375 e. The minimum Gasteiger partial charge on any atom is -0.375 e. The van der Waals surface area contributed by atoms with Gasteiger partial charge in [0.25, 0.3) is 0 Å². The van der Waals surface area contributed by atoms with E-state index in [1.807, 2.05) is 0 Å². The zero-order valence-corrected chi connectivity index (χ0v) is 7.42. The summed E-state index contributed by atoms with van der Waals surface area (Å²) in [5.74, 6) is 1.48. The Morgan fingerprint density at radius 2 is 1.30 bits per heavy atom. The summed E-state index contributed by atoms with van der Waals surface area (Å²) in [7, 11) is 0. The molecule has 0 aromatic carbocycles. The molecule has 0 bridgehead atoms. The standard InChI is InChI=1S/C9H18O/c1-6-5-7(2)9(4)10-8(6)3/h6-9H,5H2,1-4H3/t6-,7+,8-,9?/m1/s1. The molecule has 1 heterocycles. The maximum atomic E-state index is 5.71. The Hall–Kier alpha value is -0.0400. The third-order valence-corrected chi connectivity index (χ3v) is 2.78. The van der Waals surface area contributed by atoms with Crippen LogP contribution >= 0.6 is 0 Å². The van der Waals surface area contributed by atoms with Gasteiger partial charge in [0.15, 0.2) is 0 Å². The summed E-state index contributed by atoms with van der Waals surface area (Å²) in [6.07, 6.45) is 2.25. The monoisotopic (exact) mass is 142 g/mol. The van der Waals surface area contributed by atoms with E-state index in [4.69, 9.17) is 4.74 Å². The van der Waals surface area contributed by atoms with Crippen LogP contribution in [-0.4, -0.2) is 12.2 Å². The van der Waals surface area contributed by atoms with E-state index in [2.05, 4.69) is 27.7 Å². The van der Waals surface area contributed by atoms with Crippen LogP contribution in [0.1, 0.15) is 34.1 Å². The quantitative estimate of drug-likeness (QED) is 0.505. The first-order valence-electron chi connectivity index (χ1n) is 4.26. The molecule has 0 N–H and O–H groups in total. The van der Waals surface area contributed by atoms with Gasteiger partial charge in [-0.1, -0.05) is 13.8 Å². The van der Waals surface area contributed by atoms with Crippen molar-refractivity contribution in [3.05, 3.63) is 0 Å². The van der Waals surface area contributed by atoms with Gasteiger partial charge in [0.2, 0.25) is 0 Å². The predicted molar refractivity (Wildman–Crippen MR) is 43.0 cm³/mol. The van der Waals surface area contributed by atoms with Crippen LogP contribution in [0.4, 0.5) is 0 Å². The smallest absolute Gasteiger partial charge is 0.0576 e. The van der Waals surface area contributed by atoms with E-state index in [9.17, 15) is 0 Å². The molecule has 4 atom stereocenters. The average molecular weight is 142 g/mol. The van der Waals surface area contributed by atoms with Gasteiger partial charge in [-0.3, -0.25) is 0 Å². The Labute approximate surface area is 63.8 Å². The van der Waals surface area contributed by atoms with Gasteiger partial charge in [0.1, 0.15) is 0 Å². The second-order valence-electron chi connectivity index (χ2n) is 3.74. The van der Waals surface area contributed by atoms with Gasteiger partial charge < -0.3 is 4.74 Å². The highest BCUT2D eigenvalue weighted by atomic mass is 16.5. The first-order valence-corrected chi connectivity index (χ1v) is 4.26. The average Bonchev–Trinajstić information content (AvgIpc) is 1.84. The SMILES string of the molecule is CC1O[C@H](C)[C@H](C)C[C@@H]1C. The van der Waals surface area contributed by atoms with Gasteiger partial charge in [-0.2, -0.15) is 0 Å². The lowest BCUT2D eigenvalue weighted by Gasteiger charge is -2.35. The molecular formula is C9H18O.